The highest BCUT2D eigenvalue weighted by atomic mass is 16.5. The fraction of sp³-hybridized carbons (Fsp3) is 0.929. The third kappa shape index (κ3) is 3.98. The highest BCUT2D eigenvalue weighted by Gasteiger charge is 2.32. The number of hydrogen-bond donors (Lipinski definition) is 1. The number of hydrogen-bond acceptors (Lipinski definition) is 3. The van der Waals surface area contributed by atoms with Crippen molar-refractivity contribution in [2.45, 2.75) is 66.0 Å². The standard InChI is InChI=1S/C14H27NO2/c1-9-6-7-11(8-10(9)2)17-13(16)12(15)14(3,4)5/h9-12H,6-8,15H2,1-5H3. The van der Waals surface area contributed by atoms with Crippen LogP contribution in [-0.4, -0.2) is 18.1 Å². The molecular formula is C14H27NO2. The molecule has 1 aliphatic rings. The zero-order chi connectivity index (χ0) is 13.2. The Morgan fingerprint density at radius 2 is 1.82 bits per heavy atom. The molecule has 3 nitrogen and oxygen atoms in total. The van der Waals surface area contributed by atoms with Crippen LogP contribution in [0.3, 0.4) is 0 Å². The van der Waals surface area contributed by atoms with Crippen LogP contribution in [0, 0.1) is 17.3 Å². The molecule has 0 aromatic rings. The van der Waals surface area contributed by atoms with Gasteiger partial charge in [-0.2, -0.15) is 0 Å². The van der Waals surface area contributed by atoms with E-state index in [9.17, 15) is 4.79 Å². The molecule has 0 heterocycles. The molecule has 0 amide bonds. The Morgan fingerprint density at radius 1 is 1.24 bits per heavy atom. The summed E-state index contributed by atoms with van der Waals surface area (Å²) in [5.74, 6) is 1.12. The van der Waals surface area contributed by atoms with Crippen molar-refractivity contribution in [3.63, 3.8) is 0 Å². The van der Waals surface area contributed by atoms with E-state index in [1.165, 1.54) is 0 Å². The molecule has 1 fully saturated rings. The summed E-state index contributed by atoms with van der Waals surface area (Å²) in [7, 11) is 0. The summed E-state index contributed by atoms with van der Waals surface area (Å²) in [5.41, 5.74) is 5.67. The molecule has 0 bridgehead atoms. The lowest BCUT2D eigenvalue weighted by molar-refractivity contribution is -0.156. The van der Waals surface area contributed by atoms with Crippen LogP contribution in [0.15, 0.2) is 0 Å². The van der Waals surface area contributed by atoms with E-state index in [4.69, 9.17) is 10.5 Å². The van der Waals surface area contributed by atoms with Gasteiger partial charge in [-0.15, -0.1) is 0 Å². The van der Waals surface area contributed by atoms with Gasteiger partial charge in [0.1, 0.15) is 12.1 Å². The van der Waals surface area contributed by atoms with Gasteiger partial charge in [0.15, 0.2) is 0 Å². The zero-order valence-electron chi connectivity index (χ0n) is 11.8. The molecule has 0 aliphatic heterocycles. The van der Waals surface area contributed by atoms with E-state index < -0.39 is 6.04 Å². The van der Waals surface area contributed by atoms with Crippen molar-refractivity contribution in [2.75, 3.05) is 0 Å². The van der Waals surface area contributed by atoms with Crippen molar-refractivity contribution < 1.29 is 9.53 Å². The van der Waals surface area contributed by atoms with Crippen LogP contribution in [-0.2, 0) is 9.53 Å². The number of nitrogens with two attached hydrogens (primary N) is 1. The second-order valence-corrected chi connectivity index (χ2v) is 6.67. The predicted molar refractivity (Wildman–Crippen MR) is 69.5 cm³/mol. The lowest BCUT2D eigenvalue weighted by atomic mass is 9.80. The zero-order valence-corrected chi connectivity index (χ0v) is 11.8. The fourth-order valence-electron chi connectivity index (χ4n) is 2.20. The van der Waals surface area contributed by atoms with Crippen molar-refractivity contribution >= 4 is 5.97 Å². The van der Waals surface area contributed by atoms with E-state index in [1.807, 2.05) is 20.8 Å². The highest BCUT2D eigenvalue weighted by molar-refractivity contribution is 5.76. The van der Waals surface area contributed by atoms with E-state index in [0.29, 0.717) is 5.92 Å². The van der Waals surface area contributed by atoms with Crippen molar-refractivity contribution in [1.29, 1.82) is 0 Å². The van der Waals surface area contributed by atoms with E-state index in [2.05, 4.69) is 13.8 Å². The number of ether oxygens (including phenoxy) is 1. The van der Waals surface area contributed by atoms with E-state index in [-0.39, 0.29) is 17.5 Å². The summed E-state index contributed by atoms with van der Waals surface area (Å²) in [5, 5.41) is 0. The number of carbonyl (C=O) groups excluding carboxylic acids is 1. The average Bonchev–Trinajstić information content (AvgIpc) is 2.21. The second kappa shape index (κ2) is 5.38. The van der Waals surface area contributed by atoms with Crippen LogP contribution in [0.2, 0.25) is 0 Å². The molecule has 0 spiro atoms. The normalized spacial score (nSPS) is 32.0. The Kier molecular flexibility index (Phi) is 4.59. The predicted octanol–water partition coefficient (Wildman–Crippen LogP) is 2.73. The van der Waals surface area contributed by atoms with Crippen molar-refractivity contribution in [3.05, 3.63) is 0 Å². The minimum atomic E-state index is -0.530. The molecule has 1 saturated carbocycles. The van der Waals surface area contributed by atoms with Gasteiger partial charge in [0.05, 0.1) is 0 Å². The molecule has 1 rings (SSSR count). The maximum Gasteiger partial charge on any atom is 0.323 e. The summed E-state index contributed by atoms with van der Waals surface area (Å²) < 4.78 is 5.53. The van der Waals surface area contributed by atoms with Gasteiger partial charge in [-0.3, -0.25) is 4.79 Å². The van der Waals surface area contributed by atoms with Crippen LogP contribution in [0.1, 0.15) is 53.9 Å². The Morgan fingerprint density at radius 3 is 2.29 bits per heavy atom. The van der Waals surface area contributed by atoms with Crippen LogP contribution >= 0.6 is 0 Å². The molecule has 3 heteroatoms. The lowest BCUT2D eigenvalue weighted by Crippen LogP contribution is -2.45. The first-order valence-corrected chi connectivity index (χ1v) is 6.68. The number of esters is 1. The van der Waals surface area contributed by atoms with Gasteiger partial charge < -0.3 is 10.5 Å². The Hall–Kier alpha value is -0.570. The average molecular weight is 241 g/mol. The summed E-state index contributed by atoms with van der Waals surface area (Å²) in [6.07, 6.45) is 3.17. The molecule has 2 N–H and O–H groups in total. The minimum absolute atomic E-state index is 0.0714. The lowest BCUT2D eigenvalue weighted by Gasteiger charge is -2.33. The van der Waals surface area contributed by atoms with E-state index in [1.54, 1.807) is 0 Å². The molecule has 4 atom stereocenters. The number of carbonyl (C=O) groups is 1. The van der Waals surface area contributed by atoms with Crippen molar-refractivity contribution in [1.82, 2.24) is 0 Å². The third-order valence-corrected chi connectivity index (χ3v) is 4.02. The van der Waals surface area contributed by atoms with Crippen molar-refractivity contribution in [3.8, 4) is 0 Å². The third-order valence-electron chi connectivity index (χ3n) is 4.02. The first-order chi connectivity index (χ1) is 7.71. The fourth-order valence-corrected chi connectivity index (χ4v) is 2.20. The Bertz CT molecular complexity index is 270. The van der Waals surface area contributed by atoms with Gasteiger partial charge in [0, 0.05) is 0 Å². The van der Waals surface area contributed by atoms with Gasteiger partial charge in [-0.1, -0.05) is 34.6 Å². The topological polar surface area (TPSA) is 52.3 Å². The van der Waals surface area contributed by atoms with Crippen LogP contribution in [0.5, 0.6) is 0 Å². The Balaban J connectivity index is 2.47. The van der Waals surface area contributed by atoms with Gasteiger partial charge in [0.2, 0.25) is 0 Å². The SMILES string of the molecule is CC1CCC(OC(=O)C(N)C(C)(C)C)CC1C. The quantitative estimate of drug-likeness (QED) is 0.756. The van der Waals surface area contributed by atoms with Gasteiger partial charge in [0.25, 0.3) is 0 Å². The van der Waals surface area contributed by atoms with Crippen LogP contribution < -0.4 is 5.73 Å². The molecule has 0 radical (unpaired) electrons. The van der Waals surface area contributed by atoms with Crippen molar-refractivity contribution in [2.24, 2.45) is 23.0 Å². The highest BCUT2D eigenvalue weighted by Crippen LogP contribution is 2.31. The minimum Gasteiger partial charge on any atom is -0.461 e. The first kappa shape index (κ1) is 14.5. The molecular weight excluding hydrogens is 214 g/mol. The van der Waals surface area contributed by atoms with E-state index in [0.717, 1.165) is 25.2 Å². The second-order valence-electron chi connectivity index (χ2n) is 6.67. The van der Waals surface area contributed by atoms with E-state index >= 15 is 0 Å². The largest absolute Gasteiger partial charge is 0.461 e. The maximum absolute atomic E-state index is 11.9. The monoisotopic (exact) mass is 241 g/mol. The van der Waals surface area contributed by atoms with Gasteiger partial charge in [-0.25, -0.2) is 0 Å². The summed E-state index contributed by atoms with van der Waals surface area (Å²) >= 11 is 0. The molecule has 0 saturated heterocycles. The van der Waals surface area contributed by atoms with Gasteiger partial charge in [-0.05, 0) is 36.5 Å². The summed E-state index contributed by atoms with van der Waals surface area (Å²) in [6, 6.07) is -0.530. The molecule has 1 aliphatic carbocycles. The summed E-state index contributed by atoms with van der Waals surface area (Å²) in [6.45, 7) is 10.4. The maximum atomic E-state index is 11.9. The molecule has 4 unspecified atom stereocenters. The molecule has 100 valence electrons. The molecule has 0 aromatic carbocycles. The smallest absolute Gasteiger partial charge is 0.323 e. The molecule has 17 heavy (non-hydrogen) atoms. The van der Waals surface area contributed by atoms with Crippen LogP contribution in [0.25, 0.3) is 0 Å². The number of rotatable bonds is 2. The summed E-state index contributed by atoms with van der Waals surface area (Å²) in [4.78, 5) is 11.9. The Labute approximate surface area is 105 Å². The molecule has 0 aromatic heterocycles. The van der Waals surface area contributed by atoms with Gasteiger partial charge >= 0.3 is 5.97 Å². The van der Waals surface area contributed by atoms with Crippen LogP contribution in [0.4, 0.5) is 0 Å². The first-order valence-electron chi connectivity index (χ1n) is 6.68.